The number of halogens is 1. The Hall–Kier alpha value is -1.75. The second-order valence-corrected chi connectivity index (χ2v) is 6.09. The van der Waals surface area contributed by atoms with E-state index in [0.29, 0.717) is 36.6 Å². The van der Waals surface area contributed by atoms with Gasteiger partial charge >= 0.3 is 0 Å². The number of piperidine rings is 1. The minimum atomic E-state index is -0.0356. The summed E-state index contributed by atoms with van der Waals surface area (Å²) in [6.07, 6.45) is 3.14. The van der Waals surface area contributed by atoms with E-state index in [9.17, 15) is 9.59 Å². The van der Waals surface area contributed by atoms with Crippen molar-refractivity contribution in [1.29, 1.82) is 0 Å². The first-order chi connectivity index (χ1) is 11.1. The largest absolute Gasteiger partial charge is 0.487 e. The van der Waals surface area contributed by atoms with Crippen molar-refractivity contribution in [2.45, 2.75) is 38.2 Å². The molecule has 1 unspecified atom stereocenters. The van der Waals surface area contributed by atoms with Crippen LogP contribution in [0.15, 0.2) is 24.3 Å². The number of hydrogen-bond donors (Lipinski definition) is 1. The standard InChI is InChI=1S/C17H23ClN2O3/c1-19-16(21)9-4-10-17(22)20-11-5-6-13(12-20)23-15-8-3-2-7-14(15)18/h2-3,7-8,13H,4-6,9-12H2,1H3,(H,19,21). The van der Waals surface area contributed by atoms with E-state index in [-0.39, 0.29) is 17.9 Å². The molecule has 1 aliphatic rings. The number of nitrogens with zero attached hydrogens (tertiary/aromatic N) is 1. The van der Waals surface area contributed by atoms with Gasteiger partial charge in [0, 0.05) is 26.4 Å². The highest BCUT2D eigenvalue weighted by Crippen LogP contribution is 2.26. The maximum Gasteiger partial charge on any atom is 0.222 e. The van der Waals surface area contributed by atoms with Crippen molar-refractivity contribution in [1.82, 2.24) is 10.2 Å². The first kappa shape index (κ1) is 17.6. The second-order valence-electron chi connectivity index (χ2n) is 5.68. The average molecular weight is 339 g/mol. The monoisotopic (exact) mass is 338 g/mol. The zero-order valence-corrected chi connectivity index (χ0v) is 14.1. The molecule has 0 aromatic heterocycles. The number of likely N-dealkylation sites (tertiary alicyclic amines) is 1. The highest BCUT2D eigenvalue weighted by molar-refractivity contribution is 6.32. The van der Waals surface area contributed by atoms with Crippen LogP contribution in [0.3, 0.4) is 0 Å². The molecule has 1 fully saturated rings. The molecule has 1 saturated heterocycles. The minimum absolute atomic E-state index is 0.0311. The molecular formula is C17H23ClN2O3. The van der Waals surface area contributed by atoms with Crippen molar-refractivity contribution < 1.29 is 14.3 Å². The maximum atomic E-state index is 12.2. The van der Waals surface area contributed by atoms with Crippen LogP contribution in [-0.4, -0.2) is 43.0 Å². The van der Waals surface area contributed by atoms with Gasteiger partial charge in [-0.1, -0.05) is 23.7 Å². The fourth-order valence-corrected chi connectivity index (χ4v) is 2.84. The predicted molar refractivity (Wildman–Crippen MR) is 89.6 cm³/mol. The second kappa shape index (κ2) is 8.77. The van der Waals surface area contributed by atoms with Gasteiger partial charge in [0.25, 0.3) is 0 Å². The number of benzene rings is 1. The van der Waals surface area contributed by atoms with Gasteiger partial charge in [0.05, 0.1) is 11.6 Å². The van der Waals surface area contributed by atoms with E-state index in [1.807, 2.05) is 23.1 Å². The van der Waals surface area contributed by atoms with Crippen LogP contribution < -0.4 is 10.1 Å². The lowest BCUT2D eigenvalue weighted by Gasteiger charge is -2.33. The molecular weight excluding hydrogens is 316 g/mol. The summed E-state index contributed by atoms with van der Waals surface area (Å²) in [5.74, 6) is 0.714. The van der Waals surface area contributed by atoms with Gasteiger partial charge in [-0.05, 0) is 31.4 Å². The molecule has 1 heterocycles. The Bertz CT molecular complexity index is 550. The van der Waals surface area contributed by atoms with Crippen molar-refractivity contribution >= 4 is 23.4 Å². The molecule has 126 valence electrons. The van der Waals surface area contributed by atoms with E-state index >= 15 is 0 Å². The fraction of sp³-hybridized carbons (Fsp3) is 0.529. The number of carbonyl (C=O) groups is 2. The van der Waals surface area contributed by atoms with Gasteiger partial charge in [0.1, 0.15) is 11.9 Å². The number of amides is 2. The van der Waals surface area contributed by atoms with Crippen LogP contribution in [0.25, 0.3) is 0 Å². The van der Waals surface area contributed by atoms with E-state index in [4.69, 9.17) is 16.3 Å². The molecule has 2 rings (SSSR count). The van der Waals surface area contributed by atoms with Crippen LogP contribution in [0.2, 0.25) is 5.02 Å². The van der Waals surface area contributed by atoms with Gasteiger partial charge in [-0.2, -0.15) is 0 Å². The highest BCUT2D eigenvalue weighted by Gasteiger charge is 2.25. The summed E-state index contributed by atoms with van der Waals surface area (Å²) in [5, 5.41) is 3.15. The number of para-hydroxylation sites is 1. The number of nitrogens with one attached hydrogen (secondary N) is 1. The number of carbonyl (C=O) groups excluding carboxylic acids is 2. The van der Waals surface area contributed by atoms with Crippen LogP contribution in [0.5, 0.6) is 5.75 Å². The lowest BCUT2D eigenvalue weighted by atomic mass is 10.1. The van der Waals surface area contributed by atoms with Crippen molar-refractivity contribution in [3.05, 3.63) is 29.3 Å². The van der Waals surface area contributed by atoms with E-state index in [1.165, 1.54) is 0 Å². The first-order valence-electron chi connectivity index (χ1n) is 7.99. The minimum Gasteiger partial charge on any atom is -0.487 e. The zero-order valence-electron chi connectivity index (χ0n) is 13.4. The number of rotatable bonds is 6. The molecule has 23 heavy (non-hydrogen) atoms. The molecule has 0 aliphatic carbocycles. The predicted octanol–water partition coefficient (Wildman–Crippen LogP) is 2.63. The fourth-order valence-electron chi connectivity index (χ4n) is 2.66. The Balaban J connectivity index is 1.82. The summed E-state index contributed by atoms with van der Waals surface area (Å²) < 4.78 is 5.94. The van der Waals surface area contributed by atoms with E-state index in [2.05, 4.69) is 5.32 Å². The zero-order chi connectivity index (χ0) is 16.7. The Morgan fingerprint density at radius 2 is 2.13 bits per heavy atom. The molecule has 2 amide bonds. The van der Waals surface area contributed by atoms with Gasteiger partial charge in [-0.15, -0.1) is 0 Å². The molecule has 0 spiro atoms. The molecule has 0 bridgehead atoms. The Kier molecular flexibility index (Phi) is 6.71. The van der Waals surface area contributed by atoms with E-state index < -0.39 is 0 Å². The highest BCUT2D eigenvalue weighted by atomic mass is 35.5. The van der Waals surface area contributed by atoms with Crippen LogP contribution >= 0.6 is 11.6 Å². The van der Waals surface area contributed by atoms with Gasteiger partial charge in [-0.3, -0.25) is 9.59 Å². The molecule has 1 aromatic rings. The van der Waals surface area contributed by atoms with E-state index in [0.717, 1.165) is 19.4 Å². The average Bonchev–Trinajstić information content (AvgIpc) is 2.57. The topological polar surface area (TPSA) is 58.6 Å². The summed E-state index contributed by atoms with van der Waals surface area (Å²) in [6, 6.07) is 7.37. The van der Waals surface area contributed by atoms with Crippen LogP contribution in [0, 0.1) is 0 Å². The molecule has 1 N–H and O–H groups in total. The van der Waals surface area contributed by atoms with Gasteiger partial charge in [0.15, 0.2) is 0 Å². The van der Waals surface area contributed by atoms with Crippen molar-refractivity contribution in [2.75, 3.05) is 20.1 Å². The van der Waals surface area contributed by atoms with Gasteiger partial charge in [0.2, 0.25) is 11.8 Å². The molecule has 1 aromatic carbocycles. The van der Waals surface area contributed by atoms with Crippen molar-refractivity contribution in [3.8, 4) is 5.75 Å². The SMILES string of the molecule is CNC(=O)CCCC(=O)N1CCCC(Oc2ccccc2Cl)C1. The van der Waals surface area contributed by atoms with Crippen LogP contribution in [0.4, 0.5) is 0 Å². The quantitative estimate of drug-likeness (QED) is 0.867. The maximum absolute atomic E-state index is 12.2. The van der Waals surface area contributed by atoms with Crippen LogP contribution in [0.1, 0.15) is 32.1 Å². The smallest absolute Gasteiger partial charge is 0.222 e. The molecule has 6 heteroatoms. The first-order valence-corrected chi connectivity index (χ1v) is 8.37. The van der Waals surface area contributed by atoms with E-state index in [1.54, 1.807) is 13.1 Å². The van der Waals surface area contributed by atoms with Crippen molar-refractivity contribution in [3.63, 3.8) is 0 Å². The number of ether oxygens (including phenoxy) is 1. The normalized spacial score (nSPS) is 17.7. The summed E-state index contributed by atoms with van der Waals surface area (Å²) in [7, 11) is 1.60. The lowest BCUT2D eigenvalue weighted by Crippen LogP contribution is -2.44. The Morgan fingerprint density at radius 1 is 1.35 bits per heavy atom. The Morgan fingerprint density at radius 3 is 2.87 bits per heavy atom. The van der Waals surface area contributed by atoms with Gasteiger partial charge < -0.3 is 15.0 Å². The third-order valence-electron chi connectivity index (χ3n) is 3.93. The van der Waals surface area contributed by atoms with Crippen molar-refractivity contribution in [2.24, 2.45) is 0 Å². The summed E-state index contributed by atoms with van der Waals surface area (Å²) in [5.41, 5.74) is 0. The lowest BCUT2D eigenvalue weighted by molar-refractivity contribution is -0.134. The third-order valence-corrected chi connectivity index (χ3v) is 4.25. The molecule has 5 nitrogen and oxygen atoms in total. The molecule has 1 atom stereocenters. The Labute approximate surface area is 141 Å². The summed E-state index contributed by atoms with van der Waals surface area (Å²) >= 11 is 6.11. The molecule has 0 radical (unpaired) electrons. The number of hydrogen-bond acceptors (Lipinski definition) is 3. The van der Waals surface area contributed by atoms with Gasteiger partial charge in [-0.25, -0.2) is 0 Å². The van der Waals surface area contributed by atoms with Crippen LogP contribution in [-0.2, 0) is 9.59 Å². The molecule has 1 aliphatic heterocycles. The molecule has 0 saturated carbocycles. The summed E-state index contributed by atoms with van der Waals surface area (Å²) in [6.45, 7) is 1.32. The third kappa shape index (κ3) is 5.43. The summed E-state index contributed by atoms with van der Waals surface area (Å²) in [4.78, 5) is 25.3.